The van der Waals surface area contributed by atoms with Gasteiger partial charge in [-0.25, -0.2) is 0 Å². The summed E-state index contributed by atoms with van der Waals surface area (Å²) in [5.41, 5.74) is 0. The van der Waals surface area contributed by atoms with Gasteiger partial charge in [-0.3, -0.25) is 9.36 Å². The van der Waals surface area contributed by atoms with Crippen LogP contribution in [0.5, 0.6) is 0 Å². The molecule has 0 rings (SSSR count). The third-order valence-electron chi connectivity index (χ3n) is 12.6. The summed E-state index contributed by atoms with van der Waals surface area (Å²) in [4.78, 5) is 25.3. The molecule has 0 bridgehead atoms. The van der Waals surface area contributed by atoms with Crippen molar-refractivity contribution in [3.8, 4) is 0 Å². The zero-order valence-corrected chi connectivity index (χ0v) is 42.5. The maximum atomic E-state index is 12.8. The molecule has 0 aromatic carbocycles. The number of aliphatic hydroxyl groups is 1. The van der Waals surface area contributed by atoms with E-state index >= 15 is 0 Å². The second kappa shape index (κ2) is 44.7. The molecule has 2 N–H and O–H groups in total. The van der Waals surface area contributed by atoms with Crippen molar-refractivity contribution in [1.82, 2.24) is 5.32 Å². The molecule has 0 aliphatic rings. The number of quaternary nitrogens is 1. The van der Waals surface area contributed by atoms with Gasteiger partial charge in [0.1, 0.15) is 13.2 Å². The number of carbonyl (C=O) groups excluding carboxylic acids is 1. The molecule has 61 heavy (non-hydrogen) atoms. The molecule has 0 fully saturated rings. The Morgan fingerprint density at radius 1 is 0.508 bits per heavy atom. The van der Waals surface area contributed by atoms with Crippen molar-refractivity contribution >= 4 is 13.7 Å². The number of hydrogen-bond donors (Lipinski definition) is 2. The fourth-order valence-corrected chi connectivity index (χ4v) is 9.06. The van der Waals surface area contributed by atoms with Gasteiger partial charge >= 0.3 is 0 Å². The van der Waals surface area contributed by atoms with Gasteiger partial charge in [-0.05, 0) is 12.8 Å². The van der Waals surface area contributed by atoms with Gasteiger partial charge in [0.15, 0.2) is 0 Å². The number of nitrogens with one attached hydrogen (secondary N) is 1. The van der Waals surface area contributed by atoms with E-state index in [1.54, 1.807) is 0 Å². The predicted molar refractivity (Wildman–Crippen MR) is 261 cm³/mol. The van der Waals surface area contributed by atoms with Crippen LogP contribution in [0.3, 0.4) is 0 Å². The lowest BCUT2D eigenvalue weighted by Gasteiger charge is -2.30. The fraction of sp³-hybridized carbons (Fsp3) is 0.981. The van der Waals surface area contributed by atoms with E-state index in [2.05, 4.69) is 19.2 Å². The van der Waals surface area contributed by atoms with Gasteiger partial charge in [0.25, 0.3) is 7.82 Å². The number of aliphatic hydroxyl groups excluding tert-OH is 1. The molecule has 0 aromatic rings. The average molecular weight is 887 g/mol. The van der Waals surface area contributed by atoms with Gasteiger partial charge in [-0.2, -0.15) is 0 Å². The molecular weight excluding hydrogens is 780 g/mol. The molecule has 3 unspecified atom stereocenters. The van der Waals surface area contributed by atoms with E-state index in [0.717, 1.165) is 38.5 Å². The van der Waals surface area contributed by atoms with E-state index in [4.69, 9.17) is 9.05 Å². The lowest BCUT2D eigenvalue weighted by molar-refractivity contribution is -0.870. The van der Waals surface area contributed by atoms with Crippen molar-refractivity contribution < 1.29 is 32.9 Å². The second-order valence-corrected chi connectivity index (χ2v) is 21.4. The van der Waals surface area contributed by atoms with E-state index in [1.807, 2.05) is 21.1 Å². The molecule has 366 valence electrons. The molecule has 8 nitrogen and oxygen atoms in total. The van der Waals surface area contributed by atoms with Crippen molar-refractivity contribution in [2.45, 2.75) is 289 Å². The van der Waals surface area contributed by atoms with E-state index in [-0.39, 0.29) is 19.1 Å². The number of rotatable bonds is 50. The highest BCUT2D eigenvalue weighted by Crippen LogP contribution is 2.38. The van der Waals surface area contributed by atoms with Crippen molar-refractivity contribution in [2.24, 2.45) is 0 Å². The lowest BCUT2D eigenvalue weighted by Crippen LogP contribution is -2.46. The Morgan fingerprint density at radius 2 is 0.803 bits per heavy atom. The number of nitrogens with zero attached hydrogens (tertiary/aromatic N) is 1. The lowest BCUT2D eigenvalue weighted by atomic mass is 10.0. The van der Waals surface area contributed by atoms with E-state index in [1.165, 1.54) is 212 Å². The topological polar surface area (TPSA) is 108 Å². The Bertz CT molecular complexity index is 963. The Kier molecular flexibility index (Phi) is 44.3. The van der Waals surface area contributed by atoms with Crippen LogP contribution in [0.2, 0.25) is 0 Å². The van der Waals surface area contributed by atoms with Crippen LogP contribution in [0.15, 0.2) is 0 Å². The average Bonchev–Trinajstić information content (AvgIpc) is 3.21. The van der Waals surface area contributed by atoms with E-state index in [9.17, 15) is 19.4 Å². The summed E-state index contributed by atoms with van der Waals surface area (Å²) < 4.78 is 23.2. The molecule has 0 aliphatic carbocycles. The predicted octanol–water partition coefficient (Wildman–Crippen LogP) is 15.1. The molecule has 0 spiro atoms. The molecule has 0 saturated heterocycles. The van der Waals surface area contributed by atoms with Crippen molar-refractivity contribution in [3.05, 3.63) is 0 Å². The number of likely N-dealkylation sites (N-methyl/N-ethyl adjacent to an activating group) is 1. The minimum Gasteiger partial charge on any atom is -0.756 e. The SMILES string of the molecule is CCCCCCCCCCCCCCCCCCCCCCCCCCCCCCCCCCC(=O)NC(COP(=O)([O-])OCC[N+](C)(C)C)C(O)CCCCCCCCC. The molecule has 0 saturated carbocycles. The molecule has 9 heteroatoms. The molecule has 0 radical (unpaired) electrons. The molecule has 0 heterocycles. The number of phosphoric ester groups is 1. The van der Waals surface area contributed by atoms with Gasteiger partial charge in [-0.15, -0.1) is 0 Å². The molecule has 0 aliphatic heterocycles. The first-order chi connectivity index (χ1) is 29.5. The van der Waals surface area contributed by atoms with Crippen LogP contribution in [0, 0.1) is 0 Å². The molecule has 3 atom stereocenters. The molecule has 1 amide bonds. The van der Waals surface area contributed by atoms with Crippen LogP contribution in [0.25, 0.3) is 0 Å². The Hall–Kier alpha value is -0.500. The van der Waals surface area contributed by atoms with Gasteiger partial charge in [-0.1, -0.05) is 258 Å². The largest absolute Gasteiger partial charge is 0.756 e. The van der Waals surface area contributed by atoms with Crippen molar-refractivity contribution in [3.63, 3.8) is 0 Å². The maximum absolute atomic E-state index is 12.8. The number of carbonyl (C=O) groups is 1. The summed E-state index contributed by atoms with van der Waals surface area (Å²) in [6.45, 7) is 4.70. The first-order valence-corrected chi connectivity index (χ1v) is 28.3. The van der Waals surface area contributed by atoms with Crippen LogP contribution in [0.4, 0.5) is 0 Å². The summed E-state index contributed by atoms with van der Waals surface area (Å²) in [5.74, 6) is -0.163. The van der Waals surface area contributed by atoms with E-state index in [0.29, 0.717) is 23.9 Å². The highest BCUT2D eigenvalue weighted by atomic mass is 31.2. The fourth-order valence-electron chi connectivity index (χ4n) is 8.34. The van der Waals surface area contributed by atoms with Gasteiger partial charge < -0.3 is 28.8 Å². The Balaban J connectivity index is 3.80. The van der Waals surface area contributed by atoms with Crippen LogP contribution in [0.1, 0.15) is 277 Å². The zero-order chi connectivity index (χ0) is 45.0. The number of amides is 1. The quantitative estimate of drug-likeness (QED) is 0.0358. The first kappa shape index (κ1) is 60.5. The number of hydrogen-bond acceptors (Lipinski definition) is 6. The minimum atomic E-state index is -4.55. The maximum Gasteiger partial charge on any atom is 0.268 e. The van der Waals surface area contributed by atoms with Gasteiger partial charge in [0.05, 0.1) is 39.9 Å². The third-order valence-corrected chi connectivity index (χ3v) is 13.6. The smallest absolute Gasteiger partial charge is 0.268 e. The second-order valence-electron chi connectivity index (χ2n) is 20.0. The summed E-state index contributed by atoms with van der Waals surface area (Å²) in [7, 11) is 1.32. The Labute approximate surface area is 380 Å². The summed E-state index contributed by atoms with van der Waals surface area (Å²) in [6, 6.07) is -0.791. The van der Waals surface area contributed by atoms with Gasteiger partial charge in [0, 0.05) is 6.42 Å². The van der Waals surface area contributed by atoms with Crippen molar-refractivity contribution in [1.29, 1.82) is 0 Å². The van der Waals surface area contributed by atoms with Crippen LogP contribution in [-0.4, -0.2) is 68.5 Å². The van der Waals surface area contributed by atoms with Gasteiger partial charge in [0.2, 0.25) is 5.91 Å². The van der Waals surface area contributed by atoms with Crippen LogP contribution < -0.4 is 10.2 Å². The molecule has 0 aromatic heterocycles. The number of unbranched alkanes of at least 4 members (excludes halogenated alkanes) is 37. The van der Waals surface area contributed by atoms with E-state index < -0.39 is 20.0 Å². The summed E-state index contributed by atoms with van der Waals surface area (Å²) >= 11 is 0. The van der Waals surface area contributed by atoms with Crippen molar-refractivity contribution in [2.75, 3.05) is 40.9 Å². The monoisotopic (exact) mass is 887 g/mol. The number of phosphoric acid groups is 1. The Morgan fingerprint density at radius 3 is 1.11 bits per heavy atom. The third kappa shape index (κ3) is 47.3. The highest BCUT2D eigenvalue weighted by molar-refractivity contribution is 7.45. The molecular formula is C52H107N2O6P. The standard InChI is InChI=1S/C52H107N2O6P/c1-6-8-10-12-14-15-16-17-18-19-20-21-22-23-24-25-26-27-28-29-30-31-32-33-34-35-36-37-38-40-42-44-46-52(56)53-50(51(55)45-43-41-39-13-11-9-7-2)49-60-61(57,58)59-48-47-54(3,4)5/h50-51,55H,6-49H2,1-5H3,(H-,53,56,57,58). The van der Waals surface area contributed by atoms with Crippen LogP contribution >= 0.6 is 7.82 Å². The summed E-state index contributed by atoms with van der Waals surface area (Å²) in [6.07, 6.45) is 51.8. The minimum absolute atomic E-state index is 0.0155. The zero-order valence-electron chi connectivity index (χ0n) is 41.7. The highest BCUT2D eigenvalue weighted by Gasteiger charge is 2.24. The normalized spacial score (nSPS) is 14.0. The first-order valence-electron chi connectivity index (χ1n) is 26.9. The summed E-state index contributed by atoms with van der Waals surface area (Å²) in [5, 5.41) is 13.8. The van der Waals surface area contributed by atoms with Crippen LogP contribution in [-0.2, 0) is 18.4 Å².